The van der Waals surface area contributed by atoms with Gasteiger partial charge >= 0.3 is 0 Å². The van der Waals surface area contributed by atoms with Crippen LogP contribution in [0.15, 0.2) is 42.9 Å². The van der Waals surface area contributed by atoms with Crippen LogP contribution in [0.5, 0.6) is 0 Å². The van der Waals surface area contributed by atoms with Gasteiger partial charge in [0.2, 0.25) is 5.95 Å². The summed E-state index contributed by atoms with van der Waals surface area (Å²) in [5.41, 5.74) is 4.71. The van der Waals surface area contributed by atoms with Gasteiger partial charge in [-0.3, -0.25) is 9.07 Å². The average molecular weight is 436 g/mol. The van der Waals surface area contributed by atoms with Crippen molar-refractivity contribution in [1.82, 2.24) is 24.6 Å². The first-order chi connectivity index (χ1) is 15.4. The molecule has 0 amide bonds. The summed E-state index contributed by atoms with van der Waals surface area (Å²) in [6.45, 7) is 4.45. The summed E-state index contributed by atoms with van der Waals surface area (Å²) in [6.07, 6.45) is 7.45. The van der Waals surface area contributed by atoms with Crippen LogP contribution in [-0.2, 0) is 6.54 Å². The molecular formula is C24H30FN7. The summed E-state index contributed by atoms with van der Waals surface area (Å²) in [6, 6.07) is 9.01. The van der Waals surface area contributed by atoms with Crippen molar-refractivity contribution in [3.05, 3.63) is 48.4 Å². The highest BCUT2D eigenvalue weighted by atomic mass is 19.1. The Hall–Kier alpha value is -3.00. The van der Waals surface area contributed by atoms with Crippen molar-refractivity contribution in [2.45, 2.75) is 32.4 Å². The van der Waals surface area contributed by atoms with Gasteiger partial charge in [-0.1, -0.05) is 0 Å². The van der Waals surface area contributed by atoms with Gasteiger partial charge < -0.3 is 15.1 Å². The van der Waals surface area contributed by atoms with Crippen LogP contribution in [0.1, 0.15) is 18.4 Å². The first kappa shape index (κ1) is 20.9. The molecule has 1 N–H and O–H groups in total. The van der Waals surface area contributed by atoms with Crippen molar-refractivity contribution < 1.29 is 4.39 Å². The number of benzene rings is 1. The van der Waals surface area contributed by atoms with Crippen molar-refractivity contribution in [3.63, 3.8) is 0 Å². The molecule has 3 aromatic rings. The Kier molecular flexibility index (Phi) is 5.33. The molecule has 0 radical (unpaired) electrons. The van der Waals surface area contributed by atoms with Gasteiger partial charge in [0.05, 0.1) is 18.6 Å². The lowest BCUT2D eigenvalue weighted by Crippen LogP contribution is -2.57. The van der Waals surface area contributed by atoms with Gasteiger partial charge in [0, 0.05) is 60.4 Å². The lowest BCUT2D eigenvalue weighted by molar-refractivity contribution is 0.247. The van der Waals surface area contributed by atoms with Gasteiger partial charge in [0.25, 0.3) is 0 Å². The Morgan fingerprint density at radius 1 is 1.16 bits per heavy atom. The molecule has 1 aliphatic carbocycles. The van der Waals surface area contributed by atoms with Crippen LogP contribution in [0.25, 0.3) is 11.3 Å². The summed E-state index contributed by atoms with van der Waals surface area (Å²) in [5.74, 6) is 0.546. The van der Waals surface area contributed by atoms with Crippen LogP contribution in [0.2, 0.25) is 0 Å². The number of likely N-dealkylation sites (N-methyl/N-ethyl adjacent to an activating group) is 1. The SMILES string of the molecule is Cc1cnc(Nc2ccc(N3CC(N(C)C)C3)cc2)nc1-c1cnn(CC2(CF)CC2)c1. The molecular weight excluding hydrogens is 405 g/mol. The van der Waals surface area contributed by atoms with Crippen LogP contribution in [0.4, 0.5) is 21.7 Å². The topological polar surface area (TPSA) is 62.1 Å². The van der Waals surface area contributed by atoms with E-state index in [1.165, 1.54) is 5.69 Å². The van der Waals surface area contributed by atoms with Crippen LogP contribution in [0.3, 0.4) is 0 Å². The van der Waals surface area contributed by atoms with Crippen LogP contribution >= 0.6 is 0 Å². The number of nitrogens with one attached hydrogen (secondary N) is 1. The minimum absolute atomic E-state index is 0.202. The highest BCUT2D eigenvalue weighted by Gasteiger charge is 2.43. The third-order valence-electron chi connectivity index (χ3n) is 6.70. The summed E-state index contributed by atoms with van der Waals surface area (Å²) >= 11 is 0. The largest absolute Gasteiger partial charge is 0.368 e. The van der Waals surface area contributed by atoms with E-state index in [4.69, 9.17) is 4.98 Å². The Labute approximate surface area is 188 Å². The Balaban J connectivity index is 1.27. The number of alkyl halides is 1. The van der Waals surface area contributed by atoms with Gasteiger partial charge in [-0.15, -0.1) is 0 Å². The number of nitrogens with zero attached hydrogens (tertiary/aromatic N) is 6. The molecule has 2 aromatic heterocycles. The number of hydrogen-bond acceptors (Lipinski definition) is 6. The molecule has 0 unspecified atom stereocenters. The quantitative estimate of drug-likeness (QED) is 0.579. The molecule has 3 heterocycles. The van der Waals surface area contributed by atoms with Gasteiger partial charge in [0.15, 0.2) is 0 Å². The lowest BCUT2D eigenvalue weighted by atomic mass is 10.1. The van der Waals surface area contributed by atoms with E-state index in [9.17, 15) is 4.39 Å². The van der Waals surface area contributed by atoms with Crippen molar-refractivity contribution in [2.75, 3.05) is 44.1 Å². The molecule has 0 atom stereocenters. The van der Waals surface area contributed by atoms with Crippen LogP contribution < -0.4 is 10.2 Å². The van der Waals surface area contributed by atoms with E-state index >= 15 is 0 Å². The van der Waals surface area contributed by atoms with E-state index in [2.05, 4.69) is 63.6 Å². The molecule has 1 aromatic carbocycles. The first-order valence-electron chi connectivity index (χ1n) is 11.2. The number of anilines is 3. The van der Waals surface area contributed by atoms with Crippen LogP contribution in [0, 0.1) is 12.3 Å². The van der Waals surface area contributed by atoms with E-state index < -0.39 is 0 Å². The predicted molar refractivity (Wildman–Crippen MR) is 125 cm³/mol. The number of aryl methyl sites for hydroxylation is 1. The Morgan fingerprint density at radius 3 is 2.56 bits per heavy atom. The van der Waals surface area contributed by atoms with E-state index in [0.29, 0.717) is 18.5 Å². The second kappa shape index (κ2) is 8.16. The van der Waals surface area contributed by atoms with Crippen molar-refractivity contribution in [3.8, 4) is 11.3 Å². The molecule has 1 saturated carbocycles. The molecule has 1 saturated heterocycles. The fraction of sp³-hybridized carbons (Fsp3) is 0.458. The zero-order chi connectivity index (χ0) is 22.3. The number of halogens is 1. The van der Waals surface area contributed by atoms with Gasteiger partial charge in [-0.05, 0) is 63.7 Å². The smallest absolute Gasteiger partial charge is 0.227 e. The second-order valence-corrected chi connectivity index (χ2v) is 9.48. The maximum Gasteiger partial charge on any atom is 0.227 e. The first-order valence-corrected chi connectivity index (χ1v) is 11.2. The maximum atomic E-state index is 13.2. The molecule has 8 heteroatoms. The highest BCUT2D eigenvalue weighted by Crippen LogP contribution is 2.47. The molecule has 1 aliphatic heterocycles. The van der Waals surface area contributed by atoms with Crippen LogP contribution in [-0.4, -0.2) is 64.5 Å². The van der Waals surface area contributed by atoms with Gasteiger partial charge in [-0.2, -0.15) is 5.10 Å². The maximum absolute atomic E-state index is 13.2. The zero-order valence-electron chi connectivity index (χ0n) is 18.9. The molecule has 2 fully saturated rings. The molecule has 32 heavy (non-hydrogen) atoms. The zero-order valence-corrected chi connectivity index (χ0v) is 18.9. The third-order valence-corrected chi connectivity index (χ3v) is 6.70. The average Bonchev–Trinajstić information content (AvgIpc) is 3.37. The summed E-state index contributed by atoms with van der Waals surface area (Å²) < 4.78 is 15.1. The number of rotatable bonds is 8. The van der Waals surface area contributed by atoms with Crippen molar-refractivity contribution in [2.24, 2.45) is 5.41 Å². The molecule has 0 spiro atoms. The second-order valence-electron chi connectivity index (χ2n) is 9.48. The van der Waals surface area contributed by atoms with Gasteiger partial charge in [0.1, 0.15) is 0 Å². The van der Waals surface area contributed by atoms with E-state index in [1.54, 1.807) is 6.20 Å². The van der Waals surface area contributed by atoms with E-state index in [-0.39, 0.29) is 12.1 Å². The van der Waals surface area contributed by atoms with E-state index in [1.807, 2.05) is 24.0 Å². The van der Waals surface area contributed by atoms with E-state index in [0.717, 1.165) is 48.4 Å². The molecule has 7 nitrogen and oxygen atoms in total. The standard InChI is InChI=1S/C24H30FN7/c1-17-10-26-23(28-19-4-6-20(7-5-19)31-13-21(14-31)30(2)3)29-22(17)18-11-27-32(12-18)16-24(15-25)8-9-24/h4-7,10-12,21H,8-9,13-16H2,1-3H3,(H,26,28,29). The molecule has 0 bridgehead atoms. The highest BCUT2D eigenvalue weighted by molar-refractivity contribution is 5.65. The molecule has 5 rings (SSSR count). The minimum Gasteiger partial charge on any atom is -0.368 e. The minimum atomic E-state index is -0.282. The summed E-state index contributed by atoms with van der Waals surface area (Å²) in [4.78, 5) is 13.8. The lowest BCUT2D eigenvalue weighted by Gasteiger charge is -2.44. The summed E-state index contributed by atoms with van der Waals surface area (Å²) in [7, 11) is 4.26. The fourth-order valence-corrected chi connectivity index (χ4v) is 4.10. The molecule has 2 aliphatic rings. The Bertz CT molecular complexity index is 1080. The Morgan fingerprint density at radius 2 is 1.91 bits per heavy atom. The number of aromatic nitrogens is 4. The van der Waals surface area contributed by atoms with Gasteiger partial charge in [-0.25, -0.2) is 9.97 Å². The van der Waals surface area contributed by atoms with Crippen molar-refractivity contribution in [1.29, 1.82) is 0 Å². The van der Waals surface area contributed by atoms with Crippen molar-refractivity contribution >= 4 is 17.3 Å². The third kappa shape index (κ3) is 4.19. The fourth-order valence-electron chi connectivity index (χ4n) is 4.10. The molecule has 168 valence electrons. The summed E-state index contributed by atoms with van der Waals surface area (Å²) in [5, 5.41) is 7.75. The number of hydrogen-bond donors (Lipinski definition) is 1. The normalized spacial score (nSPS) is 17.5. The predicted octanol–water partition coefficient (Wildman–Crippen LogP) is 3.89. The monoisotopic (exact) mass is 435 g/mol.